The lowest BCUT2D eigenvalue weighted by Crippen LogP contribution is -2.30. The fourth-order valence-electron chi connectivity index (χ4n) is 4.59. The van der Waals surface area contributed by atoms with Crippen LogP contribution in [-0.2, 0) is 9.59 Å². The second-order valence-electron chi connectivity index (χ2n) is 10.2. The average molecular weight is 673 g/mol. The van der Waals surface area contributed by atoms with Crippen molar-refractivity contribution in [1.29, 1.82) is 0 Å². The number of hydrogen-bond donors (Lipinski definition) is 3. The number of thiazole rings is 1. The van der Waals surface area contributed by atoms with Crippen molar-refractivity contribution in [3.8, 4) is 11.3 Å². The van der Waals surface area contributed by atoms with Crippen molar-refractivity contribution in [3.63, 3.8) is 0 Å². The van der Waals surface area contributed by atoms with E-state index in [1.165, 1.54) is 34.4 Å². The number of nitrogens with one attached hydrogen (secondary N) is 3. The molecule has 0 saturated heterocycles. The number of aromatic nitrogens is 1. The van der Waals surface area contributed by atoms with Crippen LogP contribution in [0.5, 0.6) is 0 Å². The Kier molecular flexibility index (Phi) is 10.3. The van der Waals surface area contributed by atoms with E-state index in [1.54, 1.807) is 36.4 Å². The van der Waals surface area contributed by atoms with Gasteiger partial charge >= 0.3 is 0 Å². The third kappa shape index (κ3) is 8.50. The summed E-state index contributed by atoms with van der Waals surface area (Å²) in [6.07, 6.45) is 1.64. The molecule has 6 aromatic rings. The largest absolute Gasteiger partial charge is 0.321 e. The van der Waals surface area contributed by atoms with Crippen molar-refractivity contribution >= 4 is 69.1 Å². The molecule has 2 aromatic heterocycles. The molecule has 0 fully saturated rings. The number of carbonyl (C=O) groups excluding carboxylic acids is 3. The van der Waals surface area contributed by atoms with Gasteiger partial charge in [-0.15, -0.1) is 23.1 Å². The first-order valence-corrected chi connectivity index (χ1v) is 17.3. The van der Waals surface area contributed by atoms with E-state index in [1.807, 2.05) is 107 Å². The molecule has 0 saturated carbocycles. The number of rotatable bonds is 11. The summed E-state index contributed by atoms with van der Waals surface area (Å²) in [7, 11) is 0. The van der Waals surface area contributed by atoms with E-state index in [0.717, 1.165) is 27.3 Å². The van der Waals surface area contributed by atoms with Gasteiger partial charge in [-0.2, -0.15) is 11.3 Å². The highest BCUT2D eigenvalue weighted by atomic mass is 32.2. The molecule has 0 spiro atoms. The van der Waals surface area contributed by atoms with Crippen molar-refractivity contribution in [2.75, 3.05) is 10.6 Å². The molecular formula is C37H28N4O3S3. The molecule has 232 valence electrons. The Balaban J connectivity index is 1.19. The number of anilines is 2. The number of amides is 3. The standard InChI is InChI=1S/C37H28N4O3S3/c42-34(28-15-8-3-9-16-28)39-31(21-25-19-20-45-23-25)35(43)38-29-17-10-18-30(22-29)47-33(27-13-6-2-7-14-27)36(44)41-37-40-32(24-46-37)26-11-4-1-5-12-26/h1-24,33H,(H,38,43)(H,39,42)(H,40,41,44)/b31-21-. The lowest BCUT2D eigenvalue weighted by molar-refractivity contribution is -0.116. The minimum Gasteiger partial charge on any atom is -0.321 e. The van der Waals surface area contributed by atoms with E-state index < -0.39 is 11.2 Å². The summed E-state index contributed by atoms with van der Waals surface area (Å²) < 4.78 is 0. The van der Waals surface area contributed by atoms with Crippen LogP contribution in [0.1, 0.15) is 26.7 Å². The zero-order valence-electron chi connectivity index (χ0n) is 24.8. The summed E-state index contributed by atoms with van der Waals surface area (Å²) >= 11 is 4.23. The Morgan fingerprint density at radius 2 is 1.49 bits per heavy atom. The Bertz CT molecular complexity index is 1990. The van der Waals surface area contributed by atoms with Crippen LogP contribution in [0.4, 0.5) is 10.8 Å². The van der Waals surface area contributed by atoms with Gasteiger partial charge in [0.2, 0.25) is 5.91 Å². The first-order chi connectivity index (χ1) is 23.0. The first kappa shape index (κ1) is 31.7. The summed E-state index contributed by atoms with van der Waals surface area (Å²) in [5, 5.41) is 14.3. The quantitative estimate of drug-likeness (QED) is 0.0944. The van der Waals surface area contributed by atoms with E-state index in [0.29, 0.717) is 16.4 Å². The highest BCUT2D eigenvalue weighted by Crippen LogP contribution is 2.38. The normalized spacial score (nSPS) is 11.8. The van der Waals surface area contributed by atoms with Gasteiger partial charge in [-0.25, -0.2) is 4.98 Å². The van der Waals surface area contributed by atoms with Crippen LogP contribution < -0.4 is 16.0 Å². The third-order valence-corrected chi connectivity index (χ3v) is 9.58. The maximum atomic E-state index is 13.7. The van der Waals surface area contributed by atoms with Crippen molar-refractivity contribution in [3.05, 3.63) is 160 Å². The molecule has 0 radical (unpaired) electrons. The van der Waals surface area contributed by atoms with Crippen LogP contribution in [0, 0.1) is 0 Å². The smallest absolute Gasteiger partial charge is 0.272 e. The summed E-state index contributed by atoms with van der Waals surface area (Å²) in [4.78, 5) is 45.6. The Labute approximate surface area is 284 Å². The van der Waals surface area contributed by atoms with Crippen LogP contribution in [-0.4, -0.2) is 22.7 Å². The fourth-order valence-corrected chi connectivity index (χ4v) is 7.02. The average Bonchev–Trinajstić information content (AvgIpc) is 3.81. The van der Waals surface area contributed by atoms with E-state index in [4.69, 9.17) is 0 Å². The minimum atomic E-state index is -0.592. The van der Waals surface area contributed by atoms with Gasteiger partial charge in [0.25, 0.3) is 11.8 Å². The third-order valence-electron chi connectivity index (χ3n) is 6.87. The summed E-state index contributed by atoms with van der Waals surface area (Å²) in [5.41, 5.74) is 4.46. The lowest BCUT2D eigenvalue weighted by Gasteiger charge is -2.17. The zero-order chi connectivity index (χ0) is 32.4. The summed E-state index contributed by atoms with van der Waals surface area (Å²) in [6.45, 7) is 0. The van der Waals surface area contributed by atoms with Gasteiger partial charge in [-0.1, -0.05) is 84.9 Å². The number of thiophene rings is 1. The van der Waals surface area contributed by atoms with Crippen LogP contribution in [0.15, 0.2) is 148 Å². The molecule has 4 aromatic carbocycles. The van der Waals surface area contributed by atoms with E-state index in [2.05, 4.69) is 20.9 Å². The lowest BCUT2D eigenvalue weighted by atomic mass is 10.1. The highest BCUT2D eigenvalue weighted by molar-refractivity contribution is 8.00. The fraction of sp³-hybridized carbons (Fsp3) is 0.0270. The maximum absolute atomic E-state index is 13.7. The predicted molar refractivity (Wildman–Crippen MR) is 192 cm³/mol. The van der Waals surface area contributed by atoms with Gasteiger partial charge in [-0.05, 0) is 64.4 Å². The molecule has 0 aliphatic carbocycles. The minimum absolute atomic E-state index is 0.107. The Hall–Kier alpha value is -5.29. The topological polar surface area (TPSA) is 100 Å². The van der Waals surface area contributed by atoms with Crippen LogP contribution in [0.2, 0.25) is 0 Å². The monoisotopic (exact) mass is 672 g/mol. The molecule has 0 bridgehead atoms. The van der Waals surface area contributed by atoms with E-state index in [-0.39, 0.29) is 17.5 Å². The zero-order valence-corrected chi connectivity index (χ0v) is 27.3. The van der Waals surface area contributed by atoms with Gasteiger partial charge in [0.15, 0.2) is 5.13 Å². The number of nitrogens with zero attached hydrogens (tertiary/aromatic N) is 1. The summed E-state index contributed by atoms with van der Waals surface area (Å²) in [6, 6.07) is 37.2. The number of carbonyl (C=O) groups is 3. The van der Waals surface area contributed by atoms with Crippen LogP contribution in [0.3, 0.4) is 0 Å². The van der Waals surface area contributed by atoms with Gasteiger partial charge in [-0.3, -0.25) is 14.4 Å². The molecule has 3 N–H and O–H groups in total. The van der Waals surface area contributed by atoms with Gasteiger partial charge < -0.3 is 16.0 Å². The molecular weight excluding hydrogens is 645 g/mol. The van der Waals surface area contributed by atoms with Crippen molar-refractivity contribution in [2.24, 2.45) is 0 Å². The molecule has 2 heterocycles. The SMILES string of the molecule is O=C(Nc1cccc(SC(C(=O)Nc2nc(-c3ccccc3)cs2)c2ccccc2)c1)/C(=C/c1ccsc1)NC(=O)c1ccccc1. The molecule has 0 aliphatic heterocycles. The van der Waals surface area contributed by atoms with Crippen LogP contribution in [0.25, 0.3) is 17.3 Å². The molecule has 10 heteroatoms. The molecule has 3 amide bonds. The van der Waals surface area contributed by atoms with E-state index >= 15 is 0 Å². The predicted octanol–water partition coefficient (Wildman–Crippen LogP) is 8.75. The number of benzene rings is 4. The van der Waals surface area contributed by atoms with Gasteiger partial charge in [0, 0.05) is 27.1 Å². The Morgan fingerprint density at radius 1 is 0.766 bits per heavy atom. The summed E-state index contributed by atoms with van der Waals surface area (Å²) in [5.74, 6) is -1.08. The van der Waals surface area contributed by atoms with Gasteiger partial charge in [0.05, 0.1) is 5.69 Å². The Morgan fingerprint density at radius 3 is 2.21 bits per heavy atom. The number of thioether (sulfide) groups is 1. The van der Waals surface area contributed by atoms with Crippen molar-refractivity contribution in [1.82, 2.24) is 10.3 Å². The maximum Gasteiger partial charge on any atom is 0.272 e. The van der Waals surface area contributed by atoms with E-state index in [9.17, 15) is 14.4 Å². The molecule has 7 nitrogen and oxygen atoms in total. The molecule has 0 aliphatic rings. The molecule has 47 heavy (non-hydrogen) atoms. The van der Waals surface area contributed by atoms with Crippen LogP contribution >= 0.6 is 34.4 Å². The first-order valence-electron chi connectivity index (χ1n) is 14.6. The molecule has 6 rings (SSSR count). The molecule has 1 unspecified atom stereocenters. The second kappa shape index (κ2) is 15.3. The van der Waals surface area contributed by atoms with Crippen molar-refractivity contribution in [2.45, 2.75) is 10.1 Å². The number of hydrogen-bond acceptors (Lipinski definition) is 7. The highest BCUT2D eigenvalue weighted by Gasteiger charge is 2.24. The van der Waals surface area contributed by atoms with Crippen molar-refractivity contribution < 1.29 is 14.4 Å². The molecule has 1 atom stereocenters. The second-order valence-corrected chi connectivity index (χ2v) is 13.0. The van der Waals surface area contributed by atoms with Gasteiger partial charge in [0.1, 0.15) is 10.9 Å².